The molecule has 2 rings (SSSR count). The highest BCUT2D eigenvalue weighted by atomic mass is 32.2. The molecule has 0 bridgehead atoms. The predicted octanol–water partition coefficient (Wildman–Crippen LogP) is 1.38. The average Bonchev–Trinajstić information content (AvgIpc) is 2.88. The van der Waals surface area contributed by atoms with Gasteiger partial charge in [0.05, 0.1) is 5.75 Å². The molecule has 6 nitrogen and oxygen atoms in total. The van der Waals surface area contributed by atoms with E-state index in [2.05, 4.69) is 10.1 Å². The second-order valence-corrected chi connectivity index (χ2v) is 4.87. The van der Waals surface area contributed by atoms with E-state index in [4.69, 9.17) is 15.4 Å². The summed E-state index contributed by atoms with van der Waals surface area (Å²) in [5, 5.41) is 12.5. The Balaban J connectivity index is 1.90. The molecule has 2 aromatic rings. The van der Waals surface area contributed by atoms with Crippen LogP contribution in [0.4, 0.5) is 0 Å². The zero-order valence-corrected chi connectivity index (χ0v) is 10.8. The summed E-state index contributed by atoms with van der Waals surface area (Å²) in [7, 11) is 0. The van der Waals surface area contributed by atoms with Crippen LogP contribution in [0, 0.1) is 0 Å². The molecule has 0 unspecified atom stereocenters. The van der Waals surface area contributed by atoms with E-state index in [1.54, 1.807) is 0 Å². The quantitative estimate of drug-likeness (QED) is 0.823. The van der Waals surface area contributed by atoms with Gasteiger partial charge in [0.1, 0.15) is 6.04 Å². The van der Waals surface area contributed by atoms with Gasteiger partial charge in [0.15, 0.2) is 5.82 Å². The van der Waals surface area contributed by atoms with E-state index < -0.39 is 12.0 Å². The molecule has 1 atom stereocenters. The highest BCUT2D eigenvalue weighted by Crippen LogP contribution is 2.18. The summed E-state index contributed by atoms with van der Waals surface area (Å²) in [6, 6.07) is 8.57. The summed E-state index contributed by atoms with van der Waals surface area (Å²) in [6.45, 7) is 0. The Morgan fingerprint density at radius 2 is 2.16 bits per heavy atom. The van der Waals surface area contributed by atoms with E-state index in [1.807, 2.05) is 30.3 Å². The van der Waals surface area contributed by atoms with Crippen molar-refractivity contribution in [3.05, 3.63) is 36.2 Å². The van der Waals surface area contributed by atoms with Crippen LogP contribution < -0.4 is 5.73 Å². The molecule has 0 radical (unpaired) electrons. The highest BCUT2D eigenvalue weighted by Gasteiger charge is 2.13. The van der Waals surface area contributed by atoms with E-state index in [9.17, 15) is 4.79 Å². The molecule has 1 heterocycles. The lowest BCUT2D eigenvalue weighted by Gasteiger charge is -2.03. The molecular weight excluding hydrogens is 266 g/mol. The standard InChI is InChI=1S/C12H13N3O3S/c13-9(12(16)17)6-19-7-10-14-11(18-15-10)8-4-2-1-3-5-8/h1-5,9H,6-7,13H2,(H,16,17)/t9-/m0/s1. The van der Waals surface area contributed by atoms with Gasteiger partial charge in [-0.05, 0) is 12.1 Å². The number of thioether (sulfide) groups is 1. The number of hydrogen-bond acceptors (Lipinski definition) is 6. The highest BCUT2D eigenvalue weighted by molar-refractivity contribution is 7.98. The third-order valence-corrected chi connectivity index (χ3v) is 3.39. The molecule has 7 heteroatoms. The number of hydrogen-bond donors (Lipinski definition) is 2. The van der Waals surface area contributed by atoms with Crippen molar-refractivity contribution in [1.29, 1.82) is 0 Å². The summed E-state index contributed by atoms with van der Waals surface area (Å²) < 4.78 is 5.13. The van der Waals surface area contributed by atoms with Crippen molar-refractivity contribution in [1.82, 2.24) is 10.1 Å². The SMILES string of the molecule is N[C@@H](CSCc1noc(-c2ccccc2)n1)C(=O)O. The molecule has 0 aliphatic rings. The Morgan fingerprint density at radius 3 is 2.84 bits per heavy atom. The summed E-state index contributed by atoms with van der Waals surface area (Å²) >= 11 is 1.36. The summed E-state index contributed by atoms with van der Waals surface area (Å²) in [6.07, 6.45) is 0. The van der Waals surface area contributed by atoms with Gasteiger partial charge < -0.3 is 15.4 Å². The maximum atomic E-state index is 10.5. The Kier molecular flexibility index (Phi) is 4.53. The van der Waals surface area contributed by atoms with E-state index >= 15 is 0 Å². The first-order valence-corrected chi connectivity index (χ1v) is 6.76. The molecule has 1 aromatic heterocycles. The molecular formula is C12H13N3O3S. The second kappa shape index (κ2) is 6.35. The number of rotatable bonds is 6. The van der Waals surface area contributed by atoms with Crippen molar-refractivity contribution >= 4 is 17.7 Å². The number of aromatic nitrogens is 2. The third-order valence-electron chi connectivity index (χ3n) is 2.33. The fourth-order valence-corrected chi connectivity index (χ4v) is 2.17. The van der Waals surface area contributed by atoms with Gasteiger partial charge in [-0.3, -0.25) is 4.79 Å². The van der Waals surface area contributed by atoms with Crippen molar-refractivity contribution in [3.63, 3.8) is 0 Å². The first kappa shape index (κ1) is 13.6. The van der Waals surface area contributed by atoms with Crippen molar-refractivity contribution < 1.29 is 14.4 Å². The third kappa shape index (κ3) is 3.80. The maximum Gasteiger partial charge on any atom is 0.321 e. The summed E-state index contributed by atoms with van der Waals surface area (Å²) in [5.74, 6) is 0.757. The van der Waals surface area contributed by atoms with Crippen LogP contribution in [0.3, 0.4) is 0 Å². The molecule has 0 aliphatic heterocycles. The fourth-order valence-electron chi connectivity index (χ4n) is 1.36. The largest absolute Gasteiger partial charge is 0.480 e. The van der Waals surface area contributed by atoms with E-state index in [-0.39, 0.29) is 0 Å². The number of benzene rings is 1. The van der Waals surface area contributed by atoms with E-state index in [0.717, 1.165) is 5.56 Å². The molecule has 0 aliphatic carbocycles. The van der Waals surface area contributed by atoms with Crippen LogP contribution in [0.25, 0.3) is 11.5 Å². The van der Waals surface area contributed by atoms with Gasteiger partial charge >= 0.3 is 5.97 Å². The smallest absolute Gasteiger partial charge is 0.321 e. The molecule has 0 spiro atoms. The predicted molar refractivity (Wildman–Crippen MR) is 71.5 cm³/mol. The first-order chi connectivity index (χ1) is 9.16. The van der Waals surface area contributed by atoms with Crippen LogP contribution >= 0.6 is 11.8 Å². The molecule has 0 amide bonds. The number of nitrogens with zero attached hydrogens (tertiary/aromatic N) is 2. The maximum absolute atomic E-state index is 10.5. The van der Waals surface area contributed by atoms with Crippen molar-refractivity contribution in [2.75, 3.05) is 5.75 Å². The monoisotopic (exact) mass is 279 g/mol. The lowest BCUT2D eigenvalue weighted by atomic mass is 10.2. The molecule has 0 fully saturated rings. The summed E-state index contributed by atoms with van der Waals surface area (Å²) in [5.41, 5.74) is 6.25. The number of nitrogens with two attached hydrogens (primary N) is 1. The van der Waals surface area contributed by atoms with Crippen LogP contribution in [0.15, 0.2) is 34.9 Å². The van der Waals surface area contributed by atoms with Gasteiger partial charge in [0.25, 0.3) is 5.89 Å². The minimum absolute atomic E-state index is 0.310. The van der Waals surface area contributed by atoms with Crippen LogP contribution in [0.1, 0.15) is 5.82 Å². The minimum atomic E-state index is -1.01. The zero-order chi connectivity index (χ0) is 13.7. The second-order valence-electron chi connectivity index (χ2n) is 3.84. The van der Waals surface area contributed by atoms with Gasteiger partial charge in [-0.25, -0.2) is 0 Å². The lowest BCUT2D eigenvalue weighted by Crippen LogP contribution is -2.32. The molecule has 19 heavy (non-hydrogen) atoms. The van der Waals surface area contributed by atoms with Gasteiger partial charge in [-0.2, -0.15) is 16.7 Å². The fraction of sp³-hybridized carbons (Fsp3) is 0.250. The van der Waals surface area contributed by atoms with Gasteiger partial charge in [-0.15, -0.1) is 0 Å². The van der Waals surface area contributed by atoms with Crippen molar-refractivity contribution in [2.24, 2.45) is 5.73 Å². The molecule has 0 saturated carbocycles. The van der Waals surface area contributed by atoms with Gasteiger partial charge in [-0.1, -0.05) is 23.4 Å². The minimum Gasteiger partial charge on any atom is -0.480 e. The Bertz CT molecular complexity index is 544. The molecule has 3 N–H and O–H groups in total. The van der Waals surface area contributed by atoms with Gasteiger partial charge in [0, 0.05) is 11.3 Å². The Hall–Kier alpha value is -1.86. The molecule has 0 saturated heterocycles. The van der Waals surface area contributed by atoms with Crippen LogP contribution in [-0.4, -0.2) is 33.0 Å². The summed E-state index contributed by atoms with van der Waals surface area (Å²) in [4.78, 5) is 14.8. The molecule has 100 valence electrons. The van der Waals surface area contributed by atoms with Gasteiger partial charge in [0.2, 0.25) is 0 Å². The normalized spacial score (nSPS) is 12.3. The lowest BCUT2D eigenvalue weighted by molar-refractivity contribution is -0.137. The number of carbonyl (C=O) groups is 1. The average molecular weight is 279 g/mol. The first-order valence-electron chi connectivity index (χ1n) is 5.61. The van der Waals surface area contributed by atoms with Crippen LogP contribution in [0.2, 0.25) is 0 Å². The van der Waals surface area contributed by atoms with Crippen molar-refractivity contribution in [2.45, 2.75) is 11.8 Å². The number of aliphatic carboxylic acids is 1. The Labute approximate surface area is 114 Å². The van der Waals surface area contributed by atoms with Crippen molar-refractivity contribution in [3.8, 4) is 11.5 Å². The number of carboxylic acid groups (broad SMARTS) is 1. The van der Waals surface area contributed by atoms with Crippen LogP contribution in [-0.2, 0) is 10.5 Å². The van der Waals surface area contributed by atoms with Crippen LogP contribution in [0.5, 0.6) is 0 Å². The Morgan fingerprint density at radius 1 is 1.42 bits per heavy atom. The topological polar surface area (TPSA) is 102 Å². The molecule has 1 aromatic carbocycles. The number of carboxylic acids is 1. The zero-order valence-electron chi connectivity index (χ0n) is 10.0. The van der Waals surface area contributed by atoms with E-state index in [0.29, 0.717) is 23.2 Å². The van der Waals surface area contributed by atoms with E-state index in [1.165, 1.54) is 11.8 Å².